The van der Waals surface area contributed by atoms with Gasteiger partial charge in [-0.25, -0.2) is 18.2 Å². The normalized spacial score (nSPS) is 14.4. The minimum atomic E-state index is -3.86. The smallest absolute Gasteiger partial charge is 0.336 e. The van der Waals surface area contributed by atoms with E-state index in [-0.39, 0.29) is 22.1 Å². The molecule has 1 fully saturated rings. The second-order valence-electron chi connectivity index (χ2n) is 9.61. The Morgan fingerprint density at radius 2 is 1.68 bits per heavy atom. The Labute approximate surface area is 222 Å². The molecule has 0 spiro atoms. The quantitative estimate of drug-likeness (QED) is 0.378. The number of hydrogen-bond donors (Lipinski definition) is 3. The number of nitrogens with one attached hydrogen (secondary N) is 2. The highest BCUT2D eigenvalue weighted by Crippen LogP contribution is 2.28. The number of pyridine rings is 1. The maximum absolute atomic E-state index is 13.0. The number of nitrogens with zero attached hydrogens (tertiary/aromatic N) is 3. The highest BCUT2D eigenvalue weighted by molar-refractivity contribution is 7.92. The van der Waals surface area contributed by atoms with E-state index in [1.54, 1.807) is 24.3 Å². The molecule has 0 radical (unpaired) electrons. The van der Waals surface area contributed by atoms with Crippen LogP contribution in [0.4, 0.5) is 11.5 Å². The highest BCUT2D eigenvalue weighted by Gasteiger charge is 2.23. The van der Waals surface area contributed by atoms with Gasteiger partial charge in [0.1, 0.15) is 5.82 Å². The molecule has 1 aliphatic heterocycles. The Balaban J connectivity index is 1.54. The maximum Gasteiger partial charge on any atom is 0.336 e. The van der Waals surface area contributed by atoms with Crippen LogP contribution in [0.15, 0.2) is 47.4 Å². The molecule has 10 nitrogen and oxygen atoms in total. The molecule has 0 aliphatic carbocycles. The zero-order chi connectivity index (χ0) is 27.4. The van der Waals surface area contributed by atoms with Gasteiger partial charge in [-0.1, -0.05) is 13.0 Å². The van der Waals surface area contributed by atoms with Gasteiger partial charge in [-0.05, 0) is 67.8 Å². The van der Waals surface area contributed by atoms with Crippen molar-refractivity contribution in [3.8, 4) is 0 Å². The topological polar surface area (TPSA) is 132 Å². The lowest BCUT2D eigenvalue weighted by atomic mass is 10.1. The number of fused-ring (bicyclic) bond motifs is 1. The van der Waals surface area contributed by atoms with Gasteiger partial charge in [0, 0.05) is 43.8 Å². The third-order valence-electron chi connectivity index (χ3n) is 6.42. The van der Waals surface area contributed by atoms with Crippen LogP contribution >= 0.6 is 0 Å². The Bertz CT molecular complexity index is 1450. The SMILES string of the molecule is CCCNC(=O)CN1CCN(c2cc(C(=O)O)c3cc(NS(=O)(=O)c4cc(C)cc(C)c4)ccc3n2)CC1. The fraction of sp³-hybridized carbons (Fsp3) is 0.370. The van der Waals surface area contributed by atoms with Gasteiger partial charge in [-0.15, -0.1) is 0 Å². The molecule has 11 heteroatoms. The summed E-state index contributed by atoms with van der Waals surface area (Å²) in [5, 5.41) is 13.2. The number of anilines is 2. The number of aromatic carboxylic acids is 1. The lowest BCUT2D eigenvalue weighted by Crippen LogP contribution is -2.49. The molecule has 202 valence electrons. The molecular formula is C27H33N5O5S. The largest absolute Gasteiger partial charge is 0.478 e. The molecule has 0 unspecified atom stereocenters. The van der Waals surface area contributed by atoms with Crippen LogP contribution in [0.1, 0.15) is 34.8 Å². The number of sulfonamides is 1. The first-order valence-electron chi connectivity index (χ1n) is 12.6. The number of amides is 1. The van der Waals surface area contributed by atoms with Crippen LogP contribution in [0.5, 0.6) is 0 Å². The molecule has 1 aromatic heterocycles. The number of carboxylic acid groups (broad SMARTS) is 1. The molecule has 38 heavy (non-hydrogen) atoms. The number of aryl methyl sites for hydroxylation is 2. The molecule has 0 atom stereocenters. The van der Waals surface area contributed by atoms with E-state index >= 15 is 0 Å². The molecule has 3 aromatic rings. The summed E-state index contributed by atoms with van der Waals surface area (Å²) in [4.78, 5) is 33.1. The van der Waals surface area contributed by atoms with E-state index in [4.69, 9.17) is 0 Å². The van der Waals surface area contributed by atoms with Gasteiger partial charge in [-0.2, -0.15) is 0 Å². The van der Waals surface area contributed by atoms with E-state index in [2.05, 4.69) is 19.9 Å². The van der Waals surface area contributed by atoms with Crippen LogP contribution in [0.25, 0.3) is 10.9 Å². The van der Waals surface area contributed by atoms with Crippen molar-refractivity contribution in [3.05, 3.63) is 59.2 Å². The van der Waals surface area contributed by atoms with Crippen molar-refractivity contribution in [1.29, 1.82) is 0 Å². The number of carboxylic acids is 1. The molecule has 1 aliphatic rings. The summed E-state index contributed by atoms with van der Waals surface area (Å²) >= 11 is 0. The van der Waals surface area contributed by atoms with Gasteiger partial charge in [0.2, 0.25) is 5.91 Å². The van der Waals surface area contributed by atoms with Crippen molar-refractivity contribution >= 4 is 44.3 Å². The average Bonchev–Trinajstić information content (AvgIpc) is 2.86. The van der Waals surface area contributed by atoms with Crippen molar-refractivity contribution in [2.45, 2.75) is 32.1 Å². The number of carbonyl (C=O) groups is 2. The van der Waals surface area contributed by atoms with Crippen LogP contribution < -0.4 is 14.9 Å². The van der Waals surface area contributed by atoms with E-state index in [1.165, 1.54) is 12.1 Å². The summed E-state index contributed by atoms with van der Waals surface area (Å²) in [6.07, 6.45) is 0.888. The van der Waals surface area contributed by atoms with E-state index in [9.17, 15) is 23.1 Å². The average molecular weight is 540 g/mol. The highest BCUT2D eigenvalue weighted by atomic mass is 32.2. The maximum atomic E-state index is 13.0. The Morgan fingerprint density at radius 1 is 1.00 bits per heavy atom. The number of rotatable bonds is 9. The van der Waals surface area contributed by atoms with Crippen LogP contribution in [-0.4, -0.2) is 74.6 Å². The van der Waals surface area contributed by atoms with Gasteiger partial charge in [0.05, 0.1) is 22.5 Å². The first-order valence-corrected chi connectivity index (χ1v) is 14.1. The van der Waals surface area contributed by atoms with Crippen LogP contribution in [0.2, 0.25) is 0 Å². The van der Waals surface area contributed by atoms with Gasteiger partial charge >= 0.3 is 5.97 Å². The second kappa shape index (κ2) is 11.4. The molecule has 0 saturated carbocycles. The van der Waals surface area contributed by atoms with E-state index in [0.717, 1.165) is 17.5 Å². The molecule has 2 heterocycles. The van der Waals surface area contributed by atoms with Crippen molar-refractivity contribution < 1.29 is 23.1 Å². The van der Waals surface area contributed by atoms with E-state index in [1.807, 2.05) is 31.7 Å². The first kappa shape index (κ1) is 27.3. The minimum absolute atomic E-state index is 0.00116. The van der Waals surface area contributed by atoms with Crippen LogP contribution in [0.3, 0.4) is 0 Å². The zero-order valence-corrected chi connectivity index (χ0v) is 22.6. The predicted molar refractivity (Wildman–Crippen MR) is 147 cm³/mol. The van der Waals surface area contributed by atoms with Crippen molar-refractivity contribution in [3.63, 3.8) is 0 Å². The summed E-state index contributed by atoms with van der Waals surface area (Å²) in [5.74, 6) is -0.589. The monoisotopic (exact) mass is 539 g/mol. The Morgan fingerprint density at radius 3 is 2.32 bits per heavy atom. The molecule has 3 N–H and O–H groups in total. The number of piperazine rings is 1. The molecule has 0 bridgehead atoms. The third kappa shape index (κ3) is 6.40. The molecule has 2 aromatic carbocycles. The number of aromatic nitrogens is 1. The number of hydrogen-bond acceptors (Lipinski definition) is 7. The molecule has 1 saturated heterocycles. The Kier molecular flexibility index (Phi) is 8.17. The molecule has 4 rings (SSSR count). The summed E-state index contributed by atoms with van der Waals surface area (Å²) < 4.78 is 28.5. The first-order chi connectivity index (χ1) is 18.1. The summed E-state index contributed by atoms with van der Waals surface area (Å²) in [6, 6.07) is 11.3. The fourth-order valence-corrected chi connectivity index (χ4v) is 5.81. The standard InChI is InChI=1S/C27H33N5O5S/c1-4-7-28-26(33)17-31-8-10-32(11-9-31)25-16-23(27(34)35)22-15-20(5-6-24(22)29-25)30-38(36,37)21-13-18(2)12-19(3)14-21/h5-6,12-16,30H,4,7-11,17H2,1-3H3,(H,28,33)(H,34,35). The van der Waals surface area contributed by atoms with Crippen molar-refractivity contribution in [2.24, 2.45) is 0 Å². The summed E-state index contributed by atoms with van der Waals surface area (Å²) in [6.45, 7) is 9.17. The van der Waals surface area contributed by atoms with Gasteiger partial charge in [-0.3, -0.25) is 14.4 Å². The lowest BCUT2D eigenvalue weighted by molar-refractivity contribution is -0.122. The second-order valence-corrected chi connectivity index (χ2v) is 11.3. The summed E-state index contributed by atoms with van der Waals surface area (Å²) in [5.41, 5.74) is 2.40. The van der Waals surface area contributed by atoms with Crippen LogP contribution in [0, 0.1) is 13.8 Å². The van der Waals surface area contributed by atoms with E-state index < -0.39 is 16.0 Å². The zero-order valence-electron chi connectivity index (χ0n) is 21.8. The van der Waals surface area contributed by atoms with Crippen molar-refractivity contribution in [1.82, 2.24) is 15.2 Å². The van der Waals surface area contributed by atoms with Gasteiger partial charge < -0.3 is 15.3 Å². The number of carbonyl (C=O) groups excluding carboxylic acids is 1. The molecule has 1 amide bonds. The van der Waals surface area contributed by atoms with Crippen molar-refractivity contribution in [2.75, 3.05) is 48.9 Å². The third-order valence-corrected chi connectivity index (χ3v) is 7.78. The Hall–Kier alpha value is -3.70. The minimum Gasteiger partial charge on any atom is -0.478 e. The predicted octanol–water partition coefficient (Wildman–Crippen LogP) is 3.00. The van der Waals surface area contributed by atoms with E-state index in [0.29, 0.717) is 56.0 Å². The lowest BCUT2D eigenvalue weighted by Gasteiger charge is -2.35. The van der Waals surface area contributed by atoms with Crippen LogP contribution in [-0.2, 0) is 14.8 Å². The van der Waals surface area contributed by atoms with Gasteiger partial charge in [0.25, 0.3) is 10.0 Å². The fourth-order valence-electron chi connectivity index (χ4n) is 4.57. The summed E-state index contributed by atoms with van der Waals surface area (Å²) in [7, 11) is -3.86. The number of benzene rings is 2. The van der Waals surface area contributed by atoms with Gasteiger partial charge in [0.15, 0.2) is 0 Å². The molecular weight excluding hydrogens is 506 g/mol.